The van der Waals surface area contributed by atoms with Crippen LogP contribution in [0.4, 0.5) is 0 Å². The molecule has 3 saturated heterocycles. The van der Waals surface area contributed by atoms with Crippen molar-refractivity contribution in [2.75, 3.05) is 34.8 Å². The third-order valence-electron chi connectivity index (χ3n) is 12.9. The maximum atomic E-state index is 14.4. The fourth-order valence-corrected chi connectivity index (χ4v) is 9.41. The molecular weight excluding hydrogens is 738 g/mol. The third kappa shape index (κ3) is 11.7. The summed E-state index contributed by atoms with van der Waals surface area (Å²) >= 11 is 0. The van der Waals surface area contributed by atoms with E-state index in [4.69, 9.17) is 38.9 Å². The number of hydrogen-bond acceptors (Lipinski definition) is 15. The van der Waals surface area contributed by atoms with Gasteiger partial charge < -0.3 is 69.1 Å². The van der Waals surface area contributed by atoms with Crippen LogP contribution >= 0.6 is 0 Å². The van der Waals surface area contributed by atoms with Crippen molar-refractivity contribution in [3.63, 3.8) is 0 Å². The average Bonchev–Trinajstić information content (AvgIpc) is 3.09. The summed E-state index contributed by atoms with van der Waals surface area (Å²) in [5, 5.41) is 48.1. The van der Waals surface area contributed by atoms with Gasteiger partial charge in [0.1, 0.15) is 30.0 Å². The summed E-state index contributed by atoms with van der Waals surface area (Å²) in [6, 6.07) is -1.54. The largest absolute Gasteiger partial charge is 0.459 e. The number of nitrogens with zero attached hydrogens (tertiary/aromatic N) is 2. The third-order valence-corrected chi connectivity index (χ3v) is 12.9. The number of likely N-dealkylation sites (N-methyl/N-ethyl adjacent to an activating group) is 2. The summed E-state index contributed by atoms with van der Waals surface area (Å²) < 4.78 is 44.8. The van der Waals surface area contributed by atoms with E-state index in [2.05, 4.69) is 0 Å². The summed E-state index contributed by atoms with van der Waals surface area (Å²) in [5.74, 6) is -2.61. The van der Waals surface area contributed by atoms with Gasteiger partial charge in [-0.15, -0.1) is 0 Å². The fourth-order valence-electron chi connectivity index (χ4n) is 9.41. The van der Waals surface area contributed by atoms with Crippen molar-refractivity contribution in [2.24, 2.45) is 23.5 Å². The van der Waals surface area contributed by atoms with Crippen LogP contribution < -0.4 is 5.73 Å². The van der Waals surface area contributed by atoms with Gasteiger partial charge in [-0.25, -0.2) is 0 Å². The summed E-state index contributed by atoms with van der Waals surface area (Å²) in [7, 11) is 7.16. The molecule has 0 unspecified atom stereocenters. The van der Waals surface area contributed by atoms with Crippen molar-refractivity contribution in [1.82, 2.24) is 9.80 Å². The van der Waals surface area contributed by atoms with Gasteiger partial charge in [-0.05, 0) is 109 Å². The minimum atomic E-state index is -1.80. The standard InChI is InChI=1S/C42H81N3O12/c1-18-28-42(13,50)35(47)25(5)45(16)21-22(2)19-40(11,49)36(56-38-31(46)30(44(14)15)33(26(6)53-38)57-39(8,9)10)23(3)32(24(4)37(48)54-28)55-29-20-41(12,51-17)34(43)27(7)52-29/h22-36,38,46-47,49-50H,18-21,43H2,1-17H3/t22-,23+,24-,25-,26-,27+,28-,29+,30-,31-,32+,33-,34+,35-,36-,38+,40-,41-,42-/m1/s1. The van der Waals surface area contributed by atoms with Gasteiger partial charge >= 0.3 is 5.97 Å². The zero-order valence-corrected chi connectivity index (χ0v) is 38.1. The molecule has 0 radical (unpaired) electrons. The smallest absolute Gasteiger partial charge is 0.311 e. The van der Waals surface area contributed by atoms with Crippen LogP contribution in [0.5, 0.6) is 0 Å². The highest BCUT2D eigenvalue weighted by molar-refractivity contribution is 5.73. The summed E-state index contributed by atoms with van der Waals surface area (Å²) in [6.45, 7) is 24.2. The van der Waals surface area contributed by atoms with Gasteiger partial charge in [0.05, 0.1) is 59.2 Å². The van der Waals surface area contributed by atoms with Crippen LogP contribution in [-0.4, -0.2) is 173 Å². The molecule has 3 rings (SSSR count). The summed E-state index contributed by atoms with van der Waals surface area (Å²) in [5.41, 5.74) is 1.79. The van der Waals surface area contributed by atoms with Gasteiger partial charge in [0, 0.05) is 32.0 Å². The lowest BCUT2D eigenvalue weighted by Crippen LogP contribution is -2.66. The molecule has 0 saturated carbocycles. The molecule has 15 heteroatoms. The molecule has 3 aliphatic heterocycles. The molecule has 336 valence electrons. The highest BCUT2D eigenvalue weighted by Gasteiger charge is 2.54. The zero-order chi connectivity index (χ0) is 43.7. The van der Waals surface area contributed by atoms with Gasteiger partial charge in [-0.3, -0.25) is 4.79 Å². The van der Waals surface area contributed by atoms with Crippen LogP contribution in [0.2, 0.25) is 0 Å². The SMILES string of the molecule is CC[C@H]1OC(=O)[C@H](C)[C@@H](O[C@H]2C[C@@](C)(OC)[C@@H](N)[C@H](C)O2)[C@H](C)[C@@H](O[C@@H]2O[C@H](C)[C@@H](OC(C)(C)C)[C@H](N(C)C)[C@H]2O)[C@](C)(O)C[C@@H](C)CN(C)[C@H](C)[C@@H](O)[C@]1(C)O. The number of carbonyl (C=O) groups is 1. The lowest BCUT2D eigenvalue weighted by atomic mass is 9.77. The molecule has 3 aliphatic rings. The zero-order valence-electron chi connectivity index (χ0n) is 38.1. The van der Waals surface area contributed by atoms with Gasteiger partial charge in [-0.1, -0.05) is 20.8 Å². The summed E-state index contributed by atoms with van der Waals surface area (Å²) in [4.78, 5) is 18.2. The van der Waals surface area contributed by atoms with Crippen molar-refractivity contribution in [2.45, 2.75) is 211 Å². The number of hydrogen-bond donors (Lipinski definition) is 5. The van der Waals surface area contributed by atoms with E-state index in [1.54, 1.807) is 27.9 Å². The first-order chi connectivity index (χ1) is 26.0. The number of nitrogens with two attached hydrogens (primary N) is 1. The number of esters is 1. The van der Waals surface area contributed by atoms with Crippen LogP contribution in [0, 0.1) is 17.8 Å². The first-order valence-corrected chi connectivity index (χ1v) is 21.0. The number of aliphatic hydroxyl groups excluding tert-OH is 2. The van der Waals surface area contributed by atoms with Crippen molar-refractivity contribution >= 4 is 5.97 Å². The van der Waals surface area contributed by atoms with Crippen LogP contribution in [0.25, 0.3) is 0 Å². The number of ether oxygens (including phenoxy) is 7. The van der Waals surface area contributed by atoms with E-state index in [1.807, 2.05) is 93.3 Å². The molecule has 0 bridgehead atoms. The predicted molar refractivity (Wildman–Crippen MR) is 216 cm³/mol. The molecule has 15 nitrogen and oxygen atoms in total. The van der Waals surface area contributed by atoms with Crippen molar-refractivity contribution in [3.8, 4) is 0 Å². The van der Waals surface area contributed by atoms with E-state index in [9.17, 15) is 25.2 Å². The molecule has 0 aliphatic carbocycles. The molecule has 3 fully saturated rings. The first kappa shape index (κ1) is 50.3. The highest BCUT2D eigenvalue weighted by atomic mass is 16.7. The second-order valence-electron chi connectivity index (χ2n) is 19.5. The lowest BCUT2D eigenvalue weighted by Gasteiger charge is -2.51. The van der Waals surface area contributed by atoms with E-state index >= 15 is 0 Å². The Bertz CT molecular complexity index is 1280. The number of aliphatic hydroxyl groups is 4. The average molecular weight is 820 g/mol. The molecule has 0 amide bonds. The van der Waals surface area contributed by atoms with Crippen LogP contribution in [-0.2, 0) is 38.0 Å². The Morgan fingerprint density at radius 1 is 0.947 bits per heavy atom. The molecular formula is C42H81N3O12. The Balaban J connectivity index is 2.20. The molecule has 6 N–H and O–H groups in total. The minimum Gasteiger partial charge on any atom is -0.459 e. The molecule has 0 spiro atoms. The van der Waals surface area contributed by atoms with Crippen LogP contribution in [0.1, 0.15) is 109 Å². The van der Waals surface area contributed by atoms with E-state index in [0.717, 1.165) is 0 Å². The highest BCUT2D eigenvalue weighted by Crippen LogP contribution is 2.40. The normalized spacial score (nSPS) is 47.9. The fraction of sp³-hybridized carbons (Fsp3) is 0.976. The Hall–Kier alpha value is -1.05. The van der Waals surface area contributed by atoms with Gasteiger partial charge in [-0.2, -0.15) is 0 Å². The quantitative estimate of drug-likeness (QED) is 0.224. The molecule has 57 heavy (non-hydrogen) atoms. The number of cyclic esters (lactones) is 1. The molecule has 0 aromatic carbocycles. The second kappa shape index (κ2) is 19.3. The van der Waals surface area contributed by atoms with Crippen LogP contribution in [0.15, 0.2) is 0 Å². The first-order valence-electron chi connectivity index (χ1n) is 21.0. The van der Waals surface area contributed by atoms with Crippen LogP contribution in [0.3, 0.4) is 0 Å². The van der Waals surface area contributed by atoms with E-state index in [1.165, 1.54) is 6.92 Å². The maximum absolute atomic E-state index is 14.4. The molecule has 19 atom stereocenters. The monoisotopic (exact) mass is 820 g/mol. The second-order valence-corrected chi connectivity index (χ2v) is 19.5. The Morgan fingerprint density at radius 2 is 1.54 bits per heavy atom. The Labute approximate surface area is 343 Å². The van der Waals surface area contributed by atoms with E-state index < -0.39 is 120 Å². The Morgan fingerprint density at radius 3 is 2.07 bits per heavy atom. The topological polar surface area (TPSA) is 195 Å². The molecule has 0 aromatic heterocycles. The van der Waals surface area contributed by atoms with Crippen molar-refractivity contribution in [1.29, 1.82) is 0 Å². The van der Waals surface area contributed by atoms with Gasteiger partial charge in [0.15, 0.2) is 12.6 Å². The summed E-state index contributed by atoms with van der Waals surface area (Å²) in [6.07, 6.45) is -8.55. The molecule has 0 aromatic rings. The number of methoxy groups -OCH3 is 1. The van der Waals surface area contributed by atoms with Gasteiger partial charge in [0.2, 0.25) is 0 Å². The van der Waals surface area contributed by atoms with Gasteiger partial charge in [0.25, 0.3) is 0 Å². The van der Waals surface area contributed by atoms with Crippen molar-refractivity contribution in [3.05, 3.63) is 0 Å². The molecule has 3 heterocycles. The maximum Gasteiger partial charge on any atom is 0.311 e. The number of carbonyl (C=O) groups excluding carboxylic acids is 1. The minimum absolute atomic E-state index is 0.161. The lowest BCUT2D eigenvalue weighted by molar-refractivity contribution is -0.331. The van der Waals surface area contributed by atoms with E-state index in [-0.39, 0.29) is 25.2 Å². The Kier molecular flexibility index (Phi) is 17.1. The predicted octanol–water partition coefficient (Wildman–Crippen LogP) is 2.66. The van der Waals surface area contributed by atoms with Crippen molar-refractivity contribution < 1.29 is 58.4 Å². The number of rotatable bonds is 8. The van der Waals surface area contributed by atoms with E-state index in [0.29, 0.717) is 6.54 Å².